The van der Waals surface area contributed by atoms with Crippen molar-refractivity contribution < 1.29 is 42.1 Å². The van der Waals surface area contributed by atoms with E-state index in [0.29, 0.717) is 49.5 Å². The summed E-state index contributed by atoms with van der Waals surface area (Å²) >= 11 is 0. The van der Waals surface area contributed by atoms with Gasteiger partial charge in [0.2, 0.25) is 5.58 Å². The summed E-state index contributed by atoms with van der Waals surface area (Å²) in [5.41, 5.74) is 0.823. The Morgan fingerprint density at radius 2 is 1.86 bits per heavy atom. The van der Waals surface area contributed by atoms with Gasteiger partial charge >= 0.3 is 6.09 Å². The highest BCUT2D eigenvalue weighted by molar-refractivity contribution is 6.00. The molecule has 1 amide bonds. The minimum absolute atomic E-state index is 0.0401. The van der Waals surface area contributed by atoms with Gasteiger partial charge in [-0.3, -0.25) is 4.90 Å². The number of ether oxygens (including phenoxy) is 6. The molecule has 0 bridgehead atoms. The molecule has 11 nitrogen and oxygen atoms in total. The Morgan fingerprint density at radius 3 is 2.59 bits per heavy atom. The minimum atomic E-state index is -0.743. The van der Waals surface area contributed by atoms with Gasteiger partial charge in [0, 0.05) is 25.3 Å². The van der Waals surface area contributed by atoms with E-state index in [2.05, 4.69) is 5.16 Å². The zero-order valence-corrected chi connectivity index (χ0v) is 21.0. The molecular formula is C25H32FN3O8. The van der Waals surface area contributed by atoms with Crippen LogP contribution in [-0.2, 0) is 28.4 Å². The lowest BCUT2D eigenvalue weighted by molar-refractivity contribution is -0.172. The van der Waals surface area contributed by atoms with Crippen molar-refractivity contribution in [2.24, 2.45) is 0 Å². The van der Waals surface area contributed by atoms with Gasteiger partial charge in [-0.05, 0) is 39.2 Å². The quantitative estimate of drug-likeness (QED) is 0.561. The van der Waals surface area contributed by atoms with Crippen molar-refractivity contribution >= 4 is 28.6 Å². The number of amides is 1. The van der Waals surface area contributed by atoms with Crippen molar-refractivity contribution in [1.29, 1.82) is 0 Å². The molecule has 1 aromatic carbocycles. The average Bonchev–Trinajstić information content (AvgIpc) is 3.63. The molecule has 4 fully saturated rings. The topological polar surface area (TPSA) is 105 Å². The van der Waals surface area contributed by atoms with Crippen molar-refractivity contribution in [3.05, 3.63) is 17.4 Å². The molecule has 202 valence electrons. The second-order valence-electron chi connectivity index (χ2n) is 9.99. The van der Waals surface area contributed by atoms with Crippen LogP contribution in [0.1, 0.15) is 45.0 Å². The van der Waals surface area contributed by atoms with Crippen LogP contribution >= 0.6 is 0 Å². The smallest absolute Gasteiger partial charge is 0.416 e. The SMILES string of the molecule is CC1CN(c2c(C3OCCO3)cc3c(N4CC(COC5CCCCO5)OC4=O)noc3c2F)CC(C)O1. The molecule has 0 spiro atoms. The number of aromatic nitrogens is 1. The van der Waals surface area contributed by atoms with E-state index in [1.54, 1.807) is 6.07 Å². The Hall–Kier alpha value is -2.51. The van der Waals surface area contributed by atoms with Crippen molar-refractivity contribution in [2.45, 2.75) is 64.0 Å². The second kappa shape index (κ2) is 10.3. The first-order valence-corrected chi connectivity index (χ1v) is 12.9. The van der Waals surface area contributed by atoms with E-state index in [4.69, 9.17) is 32.9 Å². The Bertz CT molecular complexity index is 1120. The third-order valence-electron chi connectivity index (χ3n) is 7.04. The van der Waals surface area contributed by atoms with E-state index in [1.807, 2.05) is 18.7 Å². The number of benzene rings is 1. The molecule has 0 aliphatic carbocycles. The van der Waals surface area contributed by atoms with Gasteiger partial charge < -0.3 is 37.8 Å². The maximum Gasteiger partial charge on any atom is 0.416 e. The van der Waals surface area contributed by atoms with Crippen LogP contribution in [0.4, 0.5) is 20.7 Å². The second-order valence-corrected chi connectivity index (χ2v) is 9.99. The van der Waals surface area contributed by atoms with Gasteiger partial charge in [-0.2, -0.15) is 0 Å². The van der Waals surface area contributed by atoms with Crippen LogP contribution in [0.15, 0.2) is 10.6 Å². The number of halogens is 1. The van der Waals surface area contributed by atoms with Gasteiger partial charge in [0.05, 0.1) is 49.6 Å². The van der Waals surface area contributed by atoms with Crippen LogP contribution in [0.25, 0.3) is 11.0 Å². The normalized spacial score (nSPS) is 29.4. The van der Waals surface area contributed by atoms with Crippen molar-refractivity contribution in [2.75, 3.05) is 55.9 Å². The zero-order chi connectivity index (χ0) is 25.5. The average molecular weight is 522 g/mol. The van der Waals surface area contributed by atoms with Gasteiger partial charge in [-0.15, -0.1) is 0 Å². The monoisotopic (exact) mass is 521 g/mol. The van der Waals surface area contributed by atoms with Crippen molar-refractivity contribution in [1.82, 2.24) is 5.16 Å². The number of hydrogen-bond acceptors (Lipinski definition) is 10. The lowest BCUT2D eigenvalue weighted by Gasteiger charge is -2.38. The van der Waals surface area contributed by atoms with E-state index in [-0.39, 0.29) is 43.1 Å². The van der Waals surface area contributed by atoms with Crippen LogP contribution in [-0.4, -0.2) is 81.9 Å². The summed E-state index contributed by atoms with van der Waals surface area (Å²) in [7, 11) is 0. The molecule has 6 rings (SSSR count). The number of fused-ring (bicyclic) bond motifs is 1. The van der Waals surface area contributed by atoms with Gasteiger partial charge in [-0.1, -0.05) is 5.16 Å². The molecular weight excluding hydrogens is 489 g/mol. The molecule has 0 saturated carbocycles. The third-order valence-corrected chi connectivity index (χ3v) is 7.04. The number of rotatable bonds is 6. The zero-order valence-electron chi connectivity index (χ0n) is 21.0. The Kier molecular flexibility index (Phi) is 6.93. The van der Waals surface area contributed by atoms with Crippen LogP contribution < -0.4 is 9.80 Å². The van der Waals surface area contributed by atoms with Crippen LogP contribution in [0.3, 0.4) is 0 Å². The van der Waals surface area contributed by atoms with Gasteiger partial charge in [0.15, 0.2) is 24.2 Å². The first-order chi connectivity index (χ1) is 18.0. The lowest BCUT2D eigenvalue weighted by Crippen LogP contribution is -2.46. The number of cyclic esters (lactones) is 1. The molecule has 4 atom stereocenters. The van der Waals surface area contributed by atoms with E-state index in [0.717, 1.165) is 19.3 Å². The molecule has 4 unspecified atom stereocenters. The molecule has 4 aliphatic heterocycles. The number of hydrogen-bond donors (Lipinski definition) is 0. The van der Waals surface area contributed by atoms with Crippen LogP contribution in [0.5, 0.6) is 0 Å². The first-order valence-electron chi connectivity index (χ1n) is 12.9. The summed E-state index contributed by atoms with van der Waals surface area (Å²) in [6.07, 6.45) is 0.572. The Labute approximate surface area is 213 Å². The highest BCUT2D eigenvalue weighted by Crippen LogP contribution is 2.42. The first kappa shape index (κ1) is 24.8. The number of carbonyl (C=O) groups is 1. The van der Waals surface area contributed by atoms with Gasteiger partial charge in [0.1, 0.15) is 6.10 Å². The number of nitrogens with zero attached hydrogens (tertiary/aromatic N) is 3. The fraction of sp³-hybridized carbons (Fsp3) is 0.680. The molecule has 0 radical (unpaired) electrons. The Morgan fingerprint density at radius 1 is 1.08 bits per heavy atom. The summed E-state index contributed by atoms with van der Waals surface area (Å²) in [6, 6.07) is 1.74. The van der Waals surface area contributed by atoms with Gasteiger partial charge in [-0.25, -0.2) is 9.18 Å². The summed E-state index contributed by atoms with van der Waals surface area (Å²) in [5, 5.41) is 4.42. The predicted molar refractivity (Wildman–Crippen MR) is 128 cm³/mol. The lowest BCUT2D eigenvalue weighted by atomic mass is 10.0. The largest absolute Gasteiger partial charge is 0.441 e. The third kappa shape index (κ3) is 4.88. The minimum Gasteiger partial charge on any atom is -0.441 e. The van der Waals surface area contributed by atoms with Crippen LogP contribution in [0, 0.1) is 5.82 Å². The summed E-state index contributed by atoms with van der Waals surface area (Å²) in [6.45, 7) is 6.77. The van der Waals surface area contributed by atoms with Crippen molar-refractivity contribution in [3.63, 3.8) is 0 Å². The fourth-order valence-electron chi connectivity index (χ4n) is 5.47. The predicted octanol–water partition coefficient (Wildman–Crippen LogP) is 3.49. The molecule has 12 heteroatoms. The summed E-state index contributed by atoms with van der Waals surface area (Å²) in [5.74, 6) is -0.390. The molecule has 37 heavy (non-hydrogen) atoms. The van der Waals surface area contributed by atoms with Crippen molar-refractivity contribution in [3.8, 4) is 0 Å². The summed E-state index contributed by atoms with van der Waals surface area (Å²) in [4.78, 5) is 16.0. The molecule has 4 aliphatic rings. The maximum absolute atomic E-state index is 16.1. The van der Waals surface area contributed by atoms with E-state index in [1.165, 1.54) is 4.90 Å². The number of anilines is 2. The highest BCUT2D eigenvalue weighted by Gasteiger charge is 2.39. The van der Waals surface area contributed by atoms with Crippen LogP contribution in [0.2, 0.25) is 0 Å². The Balaban J connectivity index is 1.30. The maximum atomic E-state index is 16.1. The number of morpholine rings is 1. The summed E-state index contributed by atoms with van der Waals surface area (Å²) < 4.78 is 55.9. The molecule has 4 saturated heterocycles. The van der Waals surface area contributed by atoms with E-state index < -0.39 is 24.3 Å². The van der Waals surface area contributed by atoms with Gasteiger partial charge in [0.25, 0.3) is 0 Å². The highest BCUT2D eigenvalue weighted by atomic mass is 19.1. The fourth-order valence-corrected chi connectivity index (χ4v) is 5.47. The van der Waals surface area contributed by atoms with E-state index >= 15 is 4.39 Å². The molecule has 2 aromatic rings. The number of carbonyl (C=O) groups excluding carboxylic acids is 1. The molecule has 1 aromatic heterocycles. The molecule has 5 heterocycles. The van der Waals surface area contributed by atoms with E-state index in [9.17, 15) is 4.79 Å². The standard InChI is InChI=1S/C25H32FN3O8/c1-14-10-28(11-15(2)35-14)21-17(24-32-7-8-33-24)9-18-22(20(21)26)37-27-23(18)29-12-16(36-25(29)30)13-34-19-5-3-4-6-31-19/h9,14-16,19,24H,3-8,10-13H2,1-2H3. The molecule has 0 N–H and O–H groups in total.